The molecular formula is C29H30F3N5O2. The zero-order chi connectivity index (χ0) is 27.9. The Hall–Kier alpha value is -3.87. The zero-order valence-corrected chi connectivity index (χ0v) is 21.9. The van der Waals surface area contributed by atoms with Crippen molar-refractivity contribution in [1.82, 2.24) is 14.5 Å². The van der Waals surface area contributed by atoms with Crippen LogP contribution in [0.5, 0.6) is 0 Å². The highest BCUT2D eigenvalue weighted by molar-refractivity contribution is 6.06. The van der Waals surface area contributed by atoms with Crippen LogP contribution >= 0.6 is 0 Å². The van der Waals surface area contributed by atoms with E-state index in [4.69, 9.17) is 5.26 Å². The molecule has 0 spiro atoms. The molecule has 1 aliphatic heterocycles. The number of carbonyl (C=O) groups is 2. The molecule has 1 aromatic carbocycles. The van der Waals surface area contributed by atoms with Crippen molar-refractivity contribution in [2.75, 3.05) is 18.4 Å². The molecule has 1 saturated heterocycles. The number of aryl methyl sites for hydroxylation is 1. The number of likely N-dealkylation sites (tertiary alicyclic amines) is 1. The average Bonchev–Trinajstić information content (AvgIpc) is 3.50. The molecule has 3 heterocycles. The third kappa shape index (κ3) is 5.10. The van der Waals surface area contributed by atoms with E-state index in [9.17, 15) is 22.8 Å². The molecule has 2 aliphatic rings. The van der Waals surface area contributed by atoms with E-state index in [0.29, 0.717) is 37.4 Å². The van der Waals surface area contributed by atoms with Gasteiger partial charge < -0.3 is 14.8 Å². The summed E-state index contributed by atoms with van der Waals surface area (Å²) in [6, 6.07) is 7.69. The lowest BCUT2D eigenvalue weighted by Crippen LogP contribution is -2.42. The molecule has 2 aromatic heterocycles. The van der Waals surface area contributed by atoms with Gasteiger partial charge in [0.1, 0.15) is 5.65 Å². The molecule has 3 aromatic rings. The first-order valence-corrected chi connectivity index (χ1v) is 13.2. The lowest BCUT2D eigenvalue weighted by molar-refractivity contribution is -0.137. The summed E-state index contributed by atoms with van der Waals surface area (Å²) >= 11 is 0. The smallest absolute Gasteiger partial charge is 0.342 e. The number of pyridine rings is 1. The lowest BCUT2D eigenvalue weighted by atomic mass is 9.87. The van der Waals surface area contributed by atoms with E-state index in [0.717, 1.165) is 25.5 Å². The van der Waals surface area contributed by atoms with Crippen molar-refractivity contribution in [3.8, 4) is 6.07 Å². The first-order valence-electron chi connectivity index (χ1n) is 13.2. The summed E-state index contributed by atoms with van der Waals surface area (Å²) < 4.78 is 45.4. The number of nitrogens with zero attached hydrogens (tertiary/aromatic N) is 4. The number of alkyl halides is 3. The molecule has 0 radical (unpaired) electrons. The minimum atomic E-state index is -4.76. The second kappa shape index (κ2) is 10.4. The quantitative estimate of drug-likeness (QED) is 0.452. The number of benzene rings is 1. The van der Waals surface area contributed by atoms with Gasteiger partial charge in [-0.25, -0.2) is 4.98 Å². The van der Waals surface area contributed by atoms with Crippen LogP contribution in [0.1, 0.15) is 72.0 Å². The summed E-state index contributed by atoms with van der Waals surface area (Å²) in [7, 11) is 1.66. The van der Waals surface area contributed by atoms with Crippen molar-refractivity contribution in [3.63, 3.8) is 0 Å². The van der Waals surface area contributed by atoms with Crippen LogP contribution < -0.4 is 5.32 Å². The van der Waals surface area contributed by atoms with E-state index in [2.05, 4.69) is 17.2 Å². The number of carbonyl (C=O) groups excluding carboxylic acids is 2. The Bertz CT molecular complexity index is 1460. The van der Waals surface area contributed by atoms with Crippen molar-refractivity contribution in [3.05, 3.63) is 58.9 Å². The average molecular weight is 538 g/mol. The predicted molar refractivity (Wildman–Crippen MR) is 140 cm³/mol. The predicted octanol–water partition coefficient (Wildman–Crippen LogP) is 5.86. The van der Waals surface area contributed by atoms with E-state index in [1.165, 1.54) is 24.3 Å². The number of piperidine rings is 1. The van der Waals surface area contributed by atoms with E-state index < -0.39 is 23.3 Å². The van der Waals surface area contributed by atoms with Crippen molar-refractivity contribution in [1.29, 1.82) is 5.26 Å². The number of fused-ring (bicyclic) bond motifs is 1. The monoisotopic (exact) mass is 537 g/mol. The van der Waals surface area contributed by atoms with E-state index in [-0.39, 0.29) is 39.9 Å². The summed E-state index contributed by atoms with van der Waals surface area (Å²) in [5.74, 6) is -0.367. The molecule has 10 heteroatoms. The number of nitrogens with one attached hydrogen (secondary N) is 1. The van der Waals surface area contributed by atoms with Crippen LogP contribution in [0, 0.1) is 23.2 Å². The Morgan fingerprint density at radius 3 is 2.54 bits per heavy atom. The highest BCUT2D eigenvalue weighted by atomic mass is 19.4. The Labute approximate surface area is 224 Å². The maximum Gasteiger partial charge on any atom is 0.419 e. The number of hydrogen-bond donors (Lipinski definition) is 1. The number of aromatic nitrogens is 2. The number of rotatable bonds is 4. The molecule has 0 bridgehead atoms. The summed E-state index contributed by atoms with van der Waals surface area (Å²) in [4.78, 5) is 32.1. The maximum atomic E-state index is 14.6. The van der Waals surface area contributed by atoms with Gasteiger partial charge in [0.2, 0.25) is 5.91 Å². The largest absolute Gasteiger partial charge is 0.419 e. The van der Waals surface area contributed by atoms with Gasteiger partial charge in [-0.05, 0) is 61.3 Å². The van der Waals surface area contributed by atoms with Crippen molar-refractivity contribution in [2.45, 2.75) is 51.1 Å². The van der Waals surface area contributed by atoms with E-state index >= 15 is 0 Å². The topological polar surface area (TPSA) is 91.0 Å². The van der Waals surface area contributed by atoms with E-state index in [1.54, 1.807) is 17.8 Å². The van der Waals surface area contributed by atoms with Crippen molar-refractivity contribution < 1.29 is 22.8 Å². The molecule has 2 atom stereocenters. The van der Waals surface area contributed by atoms with Crippen LogP contribution in [0.25, 0.3) is 11.0 Å². The third-order valence-corrected chi connectivity index (χ3v) is 8.23. The van der Waals surface area contributed by atoms with Crippen LogP contribution in [0.15, 0.2) is 36.7 Å². The fraction of sp³-hybridized carbons (Fsp3) is 0.448. The van der Waals surface area contributed by atoms with Crippen LogP contribution in [0.4, 0.5) is 18.9 Å². The van der Waals surface area contributed by atoms with Gasteiger partial charge in [-0.1, -0.05) is 19.4 Å². The molecule has 2 amide bonds. The first kappa shape index (κ1) is 26.7. The number of anilines is 1. The van der Waals surface area contributed by atoms with Gasteiger partial charge >= 0.3 is 6.18 Å². The highest BCUT2D eigenvalue weighted by Gasteiger charge is 2.40. The van der Waals surface area contributed by atoms with Gasteiger partial charge in [-0.3, -0.25) is 9.59 Å². The fourth-order valence-electron chi connectivity index (χ4n) is 6.16. The first-order chi connectivity index (χ1) is 18.6. The van der Waals surface area contributed by atoms with Gasteiger partial charge in [0, 0.05) is 43.2 Å². The zero-order valence-electron chi connectivity index (χ0n) is 21.9. The Morgan fingerprint density at radius 2 is 1.90 bits per heavy atom. The second-order valence-corrected chi connectivity index (χ2v) is 10.7. The SMILES string of the molecule is C[C@@H]1CCC[C@@H]1C(=O)N1CCC(c2cn(C)c3ncc(NC(=O)c4cccc(C#N)c4)c(C(F)(F)F)c23)CC1. The number of nitriles is 1. The van der Waals surface area contributed by atoms with E-state index in [1.807, 2.05) is 11.0 Å². The summed E-state index contributed by atoms with van der Waals surface area (Å²) in [5, 5.41) is 11.5. The van der Waals surface area contributed by atoms with Crippen LogP contribution in [-0.4, -0.2) is 39.4 Å². The van der Waals surface area contributed by atoms with Crippen molar-refractivity contribution >= 4 is 28.5 Å². The Balaban J connectivity index is 1.46. The van der Waals surface area contributed by atoms with Gasteiger partial charge in [0.05, 0.1) is 29.1 Å². The summed E-state index contributed by atoms with van der Waals surface area (Å²) in [6.07, 6.45) is 2.09. The number of hydrogen-bond acceptors (Lipinski definition) is 4. The fourth-order valence-corrected chi connectivity index (χ4v) is 6.16. The van der Waals surface area contributed by atoms with Gasteiger partial charge in [-0.15, -0.1) is 0 Å². The summed E-state index contributed by atoms with van der Waals surface area (Å²) in [5.41, 5.74) is -0.367. The molecule has 1 aliphatic carbocycles. The molecule has 1 saturated carbocycles. The Morgan fingerprint density at radius 1 is 1.15 bits per heavy atom. The Kier molecular flexibility index (Phi) is 7.10. The van der Waals surface area contributed by atoms with Gasteiger partial charge in [-0.2, -0.15) is 18.4 Å². The normalized spacial score (nSPS) is 20.3. The van der Waals surface area contributed by atoms with Crippen LogP contribution in [-0.2, 0) is 18.0 Å². The molecule has 5 rings (SSSR count). The van der Waals surface area contributed by atoms with Crippen LogP contribution in [0.3, 0.4) is 0 Å². The molecule has 7 nitrogen and oxygen atoms in total. The molecular weight excluding hydrogens is 507 g/mol. The maximum absolute atomic E-state index is 14.6. The van der Waals surface area contributed by atoms with Gasteiger partial charge in [0.25, 0.3) is 5.91 Å². The molecule has 39 heavy (non-hydrogen) atoms. The third-order valence-electron chi connectivity index (χ3n) is 8.23. The highest BCUT2D eigenvalue weighted by Crippen LogP contribution is 2.44. The minimum Gasteiger partial charge on any atom is -0.342 e. The molecule has 0 unspecified atom stereocenters. The molecule has 1 N–H and O–H groups in total. The molecule has 204 valence electrons. The molecule has 2 fully saturated rings. The standard InChI is InChI=1S/C29H30F3N5O2/c1-17-5-3-8-21(17)28(39)37-11-9-19(10-12-37)22-16-36(2)26-24(22)25(29(30,31)32)23(15-34-26)35-27(38)20-7-4-6-18(13-20)14-33/h4,6-7,13,15-17,19,21H,3,5,8-12H2,1-2H3,(H,35,38)/t17-,21+/m1/s1. The van der Waals surface area contributed by atoms with Crippen molar-refractivity contribution in [2.24, 2.45) is 18.9 Å². The lowest BCUT2D eigenvalue weighted by Gasteiger charge is -2.34. The summed E-state index contributed by atoms with van der Waals surface area (Å²) in [6.45, 7) is 3.12. The second-order valence-electron chi connectivity index (χ2n) is 10.7. The van der Waals surface area contributed by atoms with Gasteiger partial charge in [0.15, 0.2) is 0 Å². The minimum absolute atomic E-state index is 0.0252. The number of amides is 2. The number of halogens is 3. The van der Waals surface area contributed by atoms with Crippen LogP contribution in [0.2, 0.25) is 0 Å².